The molecular formula is C45H77NO4. The van der Waals surface area contributed by atoms with Crippen LogP contribution in [0.3, 0.4) is 0 Å². The number of nitrogens with one attached hydrogen (secondary N) is 1. The summed E-state index contributed by atoms with van der Waals surface area (Å²) in [5.74, 6) is -0.420. The van der Waals surface area contributed by atoms with E-state index in [1.165, 1.54) is 116 Å². The van der Waals surface area contributed by atoms with E-state index in [0.29, 0.717) is 19.4 Å². The molecule has 0 heterocycles. The fourth-order valence-corrected chi connectivity index (χ4v) is 6.11. The van der Waals surface area contributed by atoms with Gasteiger partial charge in [0.1, 0.15) is 6.61 Å². The average Bonchev–Trinajstić information content (AvgIpc) is 3.13. The molecule has 0 aliphatic carbocycles. The fraction of sp³-hybridized carbons (Fsp3) is 0.733. The molecule has 0 fully saturated rings. The van der Waals surface area contributed by atoms with E-state index in [1.807, 2.05) is 30.3 Å². The average molecular weight is 696 g/mol. The summed E-state index contributed by atoms with van der Waals surface area (Å²) in [5, 5.41) is 3.32. The van der Waals surface area contributed by atoms with Crippen molar-refractivity contribution in [1.82, 2.24) is 0 Å². The lowest BCUT2D eigenvalue weighted by Gasteiger charge is -2.19. The van der Waals surface area contributed by atoms with Gasteiger partial charge >= 0.3 is 11.9 Å². The number of unbranched alkanes of at least 4 members (excludes halogenated alkanes) is 22. The molecule has 0 saturated carbocycles. The predicted molar refractivity (Wildman–Crippen MR) is 215 cm³/mol. The summed E-state index contributed by atoms with van der Waals surface area (Å²) in [5.41, 5.74) is 0.949. The third-order valence-corrected chi connectivity index (χ3v) is 9.32. The molecule has 1 aromatic carbocycles. The van der Waals surface area contributed by atoms with Crippen LogP contribution in [0.1, 0.15) is 194 Å². The van der Waals surface area contributed by atoms with Gasteiger partial charge in [-0.15, -0.1) is 0 Å². The SMILES string of the molecule is CCCCCCCC/C=C/CCCCCCCC(=O)OCC(CNc1ccccc1)OC(=O)CCCCCCC/C=C/CCCCCCCC. The Hall–Kier alpha value is -2.56. The molecule has 0 aliphatic heterocycles. The van der Waals surface area contributed by atoms with Gasteiger partial charge < -0.3 is 14.8 Å². The lowest BCUT2D eigenvalue weighted by atomic mass is 10.1. The van der Waals surface area contributed by atoms with Crippen molar-refractivity contribution >= 4 is 17.6 Å². The van der Waals surface area contributed by atoms with Gasteiger partial charge in [0, 0.05) is 18.5 Å². The third kappa shape index (κ3) is 31.4. The zero-order chi connectivity index (χ0) is 36.0. The first-order valence-electron chi connectivity index (χ1n) is 21.1. The molecule has 0 saturated heterocycles. The largest absolute Gasteiger partial charge is 0.462 e. The van der Waals surface area contributed by atoms with Crippen molar-refractivity contribution < 1.29 is 19.1 Å². The molecule has 286 valence electrons. The van der Waals surface area contributed by atoms with Gasteiger partial charge in [0.2, 0.25) is 0 Å². The summed E-state index contributed by atoms with van der Waals surface area (Å²) in [4.78, 5) is 25.1. The quantitative estimate of drug-likeness (QED) is 0.0430. The van der Waals surface area contributed by atoms with Crippen molar-refractivity contribution in [3.63, 3.8) is 0 Å². The molecule has 1 unspecified atom stereocenters. The van der Waals surface area contributed by atoms with E-state index in [9.17, 15) is 9.59 Å². The minimum atomic E-state index is -0.510. The zero-order valence-corrected chi connectivity index (χ0v) is 32.6. The number of carbonyl (C=O) groups excluding carboxylic acids is 2. The minimum absolute atomic E-state index is 0.0852. The standard InChI is InChI=1S/C45H77NO4/c1-3-5-7-9-11-13-15-17-19-21-23-25-27-29-34-38-44(47)49-41-43(40-46-42-36-32-31-33-37-42)50-45(48)39-35-30-28-26-24-22-20-18-16-14-12-10-8-6-4-2/h17-20,31-33,36-37,43,46H,3-16,21-30,34-35,38-41H2,1-2H3/b19-17+,20-18+. The van der Waals surface area contributed by atoms with Gasteiger partial charge in [-0.25, -0.2) is 0 Å². The Kier molecular flexibility index (Phi) is 32.9. The van der Waals surface area contributed by atoms with E-state index in [2.05, 4.69) is 43.5 Å². The molecule has 0 spiro atoms. The highest BCUT2D eigenvalue weighted by atomic mass is 16.6. The summed E-state index contributed by atoms with van der Waals surface area (Å²) in [6.45, 7) is 5.02. The second-order valence-corrected chi connectivity index (χ2v) is 14.2. The molecule has 5 nitrogen and oxygen atoms in total. The van der Waals surface area contributed by atoms with Crippen molar-refractivity contribution in [3.8, 4) is 0 Å². The summed E-state index contributed by atoms with van der Waals surface area (Å²) >= 11 is 0. The zero-order valence-electron chi connectivity index (χ0n) is 32.6. The summed E-state index contributed by atoms with van der Waals surface area (Å²) < 4.78 is 11.4. The van der Waals surface area contributed by atoms with Gasteiger partial charge in [-0.3, -0.25) is 9.59 Å². The Morgan fingerprint density at radius 3 is 1.40 bits per heavy atom. The Balaban J connectivity index is 2.16. The molecule has 0 aromatic heterocycles. The van der Waals surface area contributed by atoms with Crippen LogP contribution in [0, 0.1) is 0 Å². The number of benzene rings is 1. The number of ether oxygens (including phenoxy) is 2. The number of allylic oxidation sites excluding steroid dienone is 4. The van der Waals surface area contributed by atoms with Crippen LogP contribution in [-0.2, 0) is 19.1 Å². The van der Waals surface area contributed by atoms with Crippen LogP contribution in [0.15, 0.2) is 54.6 Å². The summed E-state index contributed by atoms with van der Waals surface area (Å²) in [6, 6.07) is 9.84. The molecule has 0 bridgehead atoms. The van der Waals surface area contributed by atoms with Crippen molar-refractivity contribution in [2.24, 2.45) is 0 Å². The van der Waals surface area contributed by atoms with E-state index < -0.39 is 6.10 Å². The lowest BCUT2D eigenvalue weighted by Crippen LogP contribution is -2.31. The number of hydrogen-bond acceptors (Lipinski definition) is 5. The van der Waals surface area contributed by atoms with E-state index in [4.69, 9.17) is 9.47 Å². The highest BCUT2D eigenvalue weighted by molar-refractivity contribution is 5.70. The van der Waals surface area contributed by atoms with Gasteiger partial charge in [0.05, 0.1) is 6.54 Å². The normalized spacial score (nSPS) is 12.1. The molecule has 1 rings (SSSR count). The monoisotopic (exact) mass is 696 g/mol. The maximum Gasteiger partial charge on any atom is 0.306 e. The van der Waals surface area contributed by atoms with Gasteiger partial charge in [-0.05, 0) is 76.3 Å². The summed E-state index contributed by atoms with van der Waals surface area (Å²) in [7, 11) is 0. The predicted octanol–water partition coefficient (Wildman–Crippen LogP) is 13.6. The van der Waals surface area contributed by atoms with Crippen molar-refractivity contribution in [3.05, 3.63) is 54.6 Å². The van der Waals surface area contributed by atoms with Crippen LogP contribution < -0.4 is 5.32 Å². The maximum atomic E-state index is 12.7. The Bertz CT molecular complexity index is 944. The van der Waals surface area contributed by atoms with Gasteiger partial charge in [-0.1, -0.05) is 159 Å². The van der Waals surface area contributed by atoms with Gasteiger partial charge in [-0.2, -0.15) is 0 Å². The number of hydrogen-bond donors (Lipinski definition) is 1. The van der Waals surface area contributed by atoms with Crippen LogP contribution in [0.5, 0.6) is 0 Å². The van der Waals surface area contributed by atoms with Crippen LogP contribution in [0.2, 0.25) is 0 Å². The van der Waals surface area contributed by atoms with E-state index in [-0.39, 0.29) is 18.5 Å². The Labute approximate surface area is 308 Å². The number of rotatable bonds is 36. The molecule has 1 atom stereocenters. The molecule has 5 heteroatoms. The fourth-order valence-electron chi connectivity index (χ4n) is 6.11. The smallest absolute Gasteiger partial charge is 0.306 e. The Morgan fingerprint density at radius 2 is 0.940 bits per heavy atom. The molecule has 0 radical (unpaired) electrons. The maximum absolute atomic E-state index is 12.7. The highest BCUT2D eigenvalue weighted by Gasteiger charge is 2.17. The molecule has 1 N–H and O–H groups in total. The van der Waals surface area contributed by atoms with Gasteiger partial charge in [0.25, 0.3) is 0 Å². The van der Waals surface area contributed by atoms with Crippen molar-refractivity contribution in [2.45, 2.75) is 200 Å². The van der Waals surface area contributed by atoms with E-state index in [1.54, 1.807) is 0 Å². The van der Waals surface area contributed by atoms with Crippen molar-refractivity contribution in [2.75, 3.05) is 18.5 Å². The van der Waals surface area contributed by atoms with E-state index >= 15 is 0 Å². The Morgan fingerprint density at radius 1 is 0.540 bits per heavy atom. The third-order valence-electron chi connectivity index (χ3n) is 9.32. The molecule has 50 heavy (non-hydrogen) atoms. The highest BCUT2D eigenvalue weighted by Crippen LogP contribution is 2.13. The van der Waals surface area contributed by atoms with E-state index in [0.717, 1.165) is 57.1 Å². The number of anilines is 1. The number of para-hydroxylation sites is 1. The van der Waals surface area contributed by atoms with Crippen LogP contribution in [-0.4, -0.2) is 31.2 Å². The van der Waals surface area contributed by atoms with Crippen LogP contribution in [0.4, 0.5) is 5.69 Å². The molecule has 0 amide bonds. The molecule has 1 aromatic rings. The number of esters is 2. The summed E-state index contributed by atoms with van der Waals surface area (Å²) in [6.07, 6.45) is 41.6. The minimum Gasteiger partial charge on any atom is -0.462 e. The lowest BCUT2D eigenvalue weighted by molar-refractivity contribution is -0.158. The first kappa shape index (κ1) is 45.5. The molecule has 0 aliphatic rings. The first-order chi connectivity index (χ1) is 24.7. The number of carbonyl (C=O) groups is 2. The first-order valence-corrected chi connectivity index (χ1v) is 21.1. The van der Waals surface area contributed by atoms with Gasteiger partial charge in [0.15, 0.2) is 6.10 Å². The second-order valence-electron chi connectivity index (χ2n) is 14.2. The topological polar surface area (TPSA) is 64.6 Å². The van der Waals surface area contributed by atoms with Crippen LogP contribution in [0.25, 0.3) is 0 Å². The van der Waals surface area contributed by atoms with Crippen LogP contribution >= 0.6 is 0 Å². The van der Waals surface area contributed by atoms with Crippen molar-refractivity contribution in [1.29, 1.82) is 0 Å². The molecular weight excluding hydrogens is 618 g/mol. The second kappa shape index (κ2) is 36.2.